The van der Waals surface area contributed by atoms with Gasteiger partial charge >= 0.3 is 0 Å². The molecule has 4 nitrogen and oxygen atoms in total. The smallest absolute Gasteiger partial charge is 0.143 e. The standard InChI is InChI=1S/C12H10BrClN4/c1-18-7-8(2-10(18)4-15)5-16-9-3-11(13)12(14)17-6-9/h2-3,6-7,16H,5H2,1H3. The summed E-state index contributed by atoms with van der Waals surface area (Å²) in [6, 6.07) is 5.85. The van der Waals surface area contributed by atoms with Crippen molar-refractivity contribution in [3.63, 3.8) is 0 Å². The third kappa shape index (κ3) is 2.84. The number of anilines is 1. The highest BCUT2D eigenvalue weighted by molar-refractivity contribution is 9.10. The molecule has 0 radical (unpaired) electrons. The van der Waals surface area contributed by atoms with E-state index in [9.17, 15) is 0 Å². The molecule has 0 aliphatic heterocycles. The van der Waals surface area contributed by atoms with Crippen LogP contribution >= 0.6 is 27.5 Å². The van der Waals surface area contributed by atoms with Crippen molar-refractivity contribution in [1.29, 1.82) is 5.26 Å². The maximum atomic E-state index is 8.86. The predicted molar refractivity (Wildman–Crippen MR) is 74.4 cm³/mol. The molecule has 0 atom stereocenters. The number of halogens is 2. The fourth-order valence-electron chi connectivity index (χ4n) is 1.56. The van der Waals surface area contributed by atoms with Gasteiger partial charge in [0.15, 0.2) is 0 Å². The van der Waals surface area contributed by atoms with E-state index in [1.165, 1.54) is 0 Å². The zero-order chi connectivity index (χ0) is 13.1. The van der Waals surface area contributed by atoms with E-state index in [1.807, 2.05) is 25.4 Å². The van der Waals surface area contributed by atoms with E-state index in [4.69, 9.17) is 16.9 Å². The first kappa shape index (κ1) is 12.9. The quantitative estimate of drug-likeness (QED) is 0.881. The van der Waals surface area contributed by atoms with Gasteiger partial charge in [0.25, 0.3) is 0 Å². The molecule has 0 bridgehead atoms. The van der Waals surface area contributed by atoms with Crippen LogP contribution in [-0.2, 0) is 13.6 Å². The summed E-state index contributed by atoms with van der Waals surface area (Å²) in [7, 11) is 1.85. The van der Waals surface area contributed by atoms with Crippen LogP contribution in [0.2, 0.25) is 5.15 Å². The van der Waals surface area contributed by atoms with Crippen LogP contribution in [0, 0.1) is 11.3 Å². The van der Waals surface area contributed by atoms with Gasteiger partial charge in [-0.3, -0.25) is 0 Å². The van der Waals surface area contributed by atoms with Crippen LogP contribution in [0.1, 0.15) is 11.3 Å². The number of pyridine rings is 1. The normalized spacial score (nSPS) is 10.1. The molecule has 2 rings (SSSR count). The van der Waals surface area contributed by atoms with Crippen LogP contribution in [0.3, 0.4) is 0 Å². The van der Waals surface area contributed by atoms with Crippen molar-refractivity contribution in [2.24, 2.45) is 7.05 Å². The van der Waals surface area contributed by atoms with Gasteiger partial charge in [-0.1, -0.05) is 11.6 Å². The third-order valence-electron chi connectivity index (χ3n) is 2.47. The van der Waals surface area contributed by atoms with E-state index in [0.29, 0.717) is 17.4 Å². The van der Waals surface area contributed by atoms with Crippen LogP contribution in [0.5, 0.6) is 0 Å². The lowest BCUT2D eigenvalue weighted by molar-refractivity contribution is 0.902. The largest absolute Gasteiger partial charge is 0.380 e. The molecule has 0 aliphatic carbocycles. The van der Waals surface area contributed by atoms with Gasteiger partial charge < -0.3 is 9.88 Å². The highest BCUT2D eigenvalue weighted by Crippen LogP contribution is 2.23. The average molecular weight is 326 g/mol. The number of hydrogen-bond acceptors (Lipinski definition) is 3. The Labute approximate surface area is 118 Å². The zero-order valence-corrected chi connectivity index (χ0v) is 12.0. The highest BCUT2D eigenvalue weighted by Gasteiger charge is 2.03. The summed E-state index contributed by atoms with van der Waals surface area (Å²) in [5.74, 6) is 0. The second kappa shape index (κ2) is 5.42. The molecule has 0 unspecified atom stereocenters. The van der Waals surface area contributed by atoms with Gasteiger partial charge in [0.1, 0.15) is 16.9 Å². The lowest BCUT2D eigenvalue weighted by Crippen LogP contribution is -1.99. The summed E-state index contributed by atoms with van der Waals surface area (Å²) >= 11 is 9.13. The minimum absolute atomic E-state index is 0.437. The first-order chi connectivity index (χ1) is 8.60. The summed E-state index contributed by atoms with van der Waals surface area (Å²) in [5, 5.41) is 12.5. The van der Waals surface area contributed by atoms with Crippen molar-refractivity contribution in [3.8, 4) is 6.07 Å². The monoisotopic (exact) mass is 324 g/mol. The van der Waals surface area contributed by atoms with Crippen LogP contribution in [-0.4, -0.2) is 9.55 Å². The van der Waals surface area contributed by atoms with E-state index >= 15 is 0 Å². The Morgan fingerprint density at radius 2 is 2.33 bits per heavy atom. The number of nitrogens with one attached hydrogen (secondary N) is 1. The van der Waals surface area contributed by atoms with Crippen molar-refractivity contribution < 1.29 is 0 Å². The van der Waals surface area contributed by atoms with Crippen molar-refractivity contribution in [3.05, 3.63) is 45.4 Å². The molecule has 2 aromatic rings. The van der Waals surface area contributed by atoms with E-state index in [2.05, 4.69) is 32.3 Å². The number of rotatable bonds is 3. The molecule has 0 saturated heterocycles. The summed E-state index contributed by atoms with van der Waals surface area (Å²) in [5.41, 5.74) is 2.55. The zero-order valence-electron chi connectivity index (χ0n) is 9.61. The number of aromatic nitrogens is 2. The Balaban J connectivity index is 2.07. The van der Waals surface area contributed by atoms with Crippen LogP contribution in [0.25, 0.3) is 0 Å². The predicted octanol–water partition coefficient (Wildman–Crippen LogP) is 3.32. The molecule has 6 heteroatoms. The summed E-state index contributed by atoms with van der Waals surface area (Å²) < 4.78 is 2.55. The molecule has 0 saturated carbocycles. The van der Waals surface area contributed by atoms with E-state index < -0.39 is 0 Å². The Hall–Kier alpha value is -1.51. The fourth-order valence-corrected chi connectivity index (χ4v) is 2.02. The lowest BCUT2D eigenvalue weighted by atomic mass is 10.3. The SMILES string of the molecule is Cn1cc(CNc2cnc(Cl)c(Br)c2)cc1C#N. The van der Waals surface area contributed by atoms with Gasteiger partial charge in [0.2, 0.25) is 0 Å². The average Bonchev–Trinajstić information content (AvgIpc) is 2.71. The Morgan fingerprint density at radius 3 is 2.94 bits per heavy atom. The van der Waals surface area contributed by atoms with E-state index in [1.54, 1.807) is 10.8 Å². The van der Waals surface area contributed by atoms with E-state index in [0.717, 1.165) is 15.7 Å². The molecule has 0 aliphatic rings. The highest BCUT2D eigenvalue weighted by atomic mass is 79.9. The molecule has 18 heavy (non-hydrogen) atoms. The minimum Gasteiger partial charge on any atom is -0.380 e. The van der Waals surface area contributed by atoms with Gasteiger partial charge in [-0.25, -0.2) is 4.98 Å². The topological polar surface area (TPSA) is 53.6 Å². The molecule has 2 heterocycles. The first-order valence-corrected chi connectivity index (χ1v) is 6.37. The second-order valence-electron chi connectivity index (χ2n) is 3.81. The van der Waals surface area contributed by atoms with Crippen LogP contribution in [0.4, 0.5) is 5.69 Å². The number of nitrogens with zero attached hydrogens (tertiary/aromatic N) is 3. The molecular weight excluding hydrogens is 316 g/mol. The molecule has 0 fully saturated rings. The van der Waals surface area contributed by atoms with Gasteiger partial charge in [-0.2, -0.15) is 5.26 Å². The Kier molecular flexibility index (Phi) is 3.90. The number of nitriles is 1. The maximum Gasteiger partial charge on any atom is 0.143 e. The Morgan fingerprint density at radius 1 is 1.56 bits per heavy atom. The molecule has 92 valence electrons. The molecule has 1 N–H and O–H groups in total. The minimum atomic E-state index is 0.437. The summed E-state index contributed by atoms with van der Waals surface area (Å²) in [6.07, 6.45) is 3.59. The van der Waals surface area contributed by atoms with Gasteiger partial charge in [-0.05, 0) is 33.6 Å². The van der Waals surface area contributed by atoms with Crippen molar-refractivity contribution in [2.45, 2.75) is 6.54 Å². The molecular formula is C12H10BrClN4. The molecule has 0 spiro atoms. The summed E-state index contributed by atoms with van der Waals surface area (Å²) in [4.78, 5) is 4.03. The van der Waals surface area contributed by atoms with Crippen molar-refractivity contribution in [1.82, 2.24) is 9.55 Å². The second-order valence-corrected chi connectivity index (χ2v) is 5.02. The molecule has 2 aromatic heterocycles. The van der Waals surface area contributed by atoms with Crippen LogP contribution < -0.4 is 5.32 Å². The maximum absolute atomic E-state index is 8.86. The molecule has 0 aromatic carbocycles. The number of hydrogen-bond donors (Lipinski definition) is 1. The van der Waals surface area contributed by atoms with Gasteiger partial charge in [0, 0.05) is 19.8 Å². The van der Waals surface area contributed by atoms with E-state index in [-0.39, 0.29) is 0 Å². The molecule has 0 amide bonds. The fraction of sp³-hybridized carbons (Fsp3) is 0.167. The van der Waals surface area contributed by atoms with Gasteiger partial charge in [0.05, 0.1) is 16.4 Å². The van der Waals surface area contributed by atoms with Crippen LogP contribution in [0.15, 0.2) is 29.0 Å². The van der Waals surface area contributed by atoms with Crippen molar-refractivity contribution in [2.75, 3.05) is 5.32 Å². The summed E-state index contributed by atoms with van der Waals surface area (Å²) in [6.45, 7) is 0.630. The lowest BCUT2D eigenvalue weighted by Gasteiger charge is -2.05. The Bertz CT molecular complexity index is 615. The van der Waals surface area contributed by atoms with Crippen molar-refractivity contribution >= 4 is 33.2 Å². The third-order valence-corrected chi connectivity index (χ3v) is 3.60. The number of aryl methyl sites for hydroxylation is 1. The van der Waals surface area contributed by atoms with Gasteiger partial charge in [-0.15, -0.1) is 0 Å². The first-order valence-electron chi connectivity index (χ1n) is 5.20.